The van der Waals surface area contributed by atoms with Crippen LogP contribution in [0, 0.1) is 5.92 Å². The van der Waals surface area contributed by atoms with E-state index < -0.39 is 12.0 Å². The predicted molar refractivity (Wildman–Crippen MR) is 87.2 cm³/mol. The quantitative estimate of drug-likeness (QED) is 0.391. The van der Waals surface area contributed by atoms with Crippen molar-refractivity contribution >= 4 is 39.4 Å². The van der Waals surface area contributed by atoms with E-state index in [0.29, 0.717) is 30.4 Å². The van der Waals surface area contributed by atoms with Gasteiger partial charge in [-0.05, 0) is 12.3 Å². The van der Waals surface area contributed by atoms with Crippen molar-refractivity contribution < 1.29 is 19.5 Å². The number of nitrogens with one attached hydrogen (secondary N) is 2. The van der Waals surface area contributed by atoms with E-state index in [9.17, 15) is 14.4 Å². The highest BCUT2D eigenvalue weighted by Gasteiger charge is 2.19. The molecule has 1 atom stereocenters. The van der Waals surface area contributed by atoms with Gasteiger partial charge >= 0.3 is 5.97 Å². The van der Waals surface area contributed by atoms with Gasteiger partial charge in [0.15, 0.2) is 0 Å². The van der Waals surface area contributed by atoms with Gasteiger partial charge in [0, 0.05) is 25.0 Å². The molecular weight excluding hydrogens is 312 g/mol. The molecule has 0 spiro atoms. The largest absolute Gasteiger partial charge is 0.481 e. The summed E-state index contributed by atoms with van der Waals surface area (Å²) in [7, 11) is 3.01. The van der Waals surface area contributed by atoms with Crippen LogP contribution in [0.15, 0.2) is 0 Å². The van der Waals surface area contributed by atoms with E-state index in [1.807, 2.05) is 13.8 Å². The minimum Gasteiger partial charge on any atom is -0.481 e. The molecule has 0 unspecified atom stereocenters. The van der Waals surface area contributed by atoms with Gasteiger partial charge in [0.25, 0.3) is 0 Å². The molecule has 0 aromatic rings. The van der Waals surface area contributed by atoms with Crippen LogP contribution in [0.1, 0.15) is 33.6 Å². The SMILES string of the molecule is CC(=O)N[C@H](CC(C)C)C(=O)NCCSSCCC(=O)O. The molecule has 8 heteroatoms. The Balaban J connectivity index is 3.86. The Kier molecular flexibility index (Phi) is 11.2. The molecule has 0 bridgehead atoms. The highest BCUT2D eigenvalue weighted by atomic mass is 33.1. The van der Waals surface area contributed by atoms with E-state index >= 15 is 0 Å². The molecule has 0 heterocycles. The van der Waals surface area contributed by atoms with E-state index in [-0.39, 0.29) is 18.2 Å². The third-order valence-corrected chi connectivity index (χ3v) is 4.78. The second-order valence-electron chi connectivity index (χ2n) is 4.96. The summed E-state index contributed by atoms with van der Waals surface area (Å²) in [5.74, 6) is 0.376. The molecule has 0 saturated heterocycles. The molecule has 0 aromatic heterocycles. The Labute approximate surface area is 133 Å². The molecule has 0 aliphatic heterocycles. The van der Waals surface area contributed by atoms with Gasteiger partial charge in [-0.3, -0.25) is 14.4 Å². The fraction of sp³-hybridized carbons (Fsp3) is 0.769. The van der Waals surface area contributed by atoms with Crippen molar-refractivity contribution in [3.05, 3.63) is 0 Å². The van der Waals surface area contributed by atoms with Crippen molar-refractivity contribution in [2.75, 3.05) is 18.1 Å². The van der Waals surface area contributed by atoms with E-state index in [1.165, 1.54) is 28.5 Å². The normalized spacial score (nSPS) is 12.0. The van der Waals surface area contributed by atoms with Crippen LogP contribution in [0.3, 0.4) is 0 Å². The summed E-state index contributed by atoms with van der Waals surface area (Å²) < 4.78 is 0. The van der Waals surface area contributed by atoms with Crippen molar-refractivity contribution in [3.8, 4) is 0 Å². The van der Waals surface area contributed by atoms with Crippen LogP contribution in [0.4, 0.5) is 0 Å². The molecule has 2 amide bonds. The molecule has 0 aromatic carbocycles. The van der Waals surface area contributed by atoms with Gasteiger partial charge in [0.05, 0.1) is 6.42 Å². The van der Waals surface area contributed by atoms with Crippen LogP contribution in [-0.4, -0.2) is 47.0 Å². The number of hydrogen-bond donors (Lipinski definition) is 3. The first kappa shape index (κ1) is 20.1. The molecule has 3 N–H and O–H groups in total. The lowest BCUT2D eigenvalue weighted by Gasteiger charge is -2.19. The average Bonchev–Trinajstić information content (AvgIpc) is 2.35. The van der Waals surface area contributed by atoms with Crippen LogP contribution in [-0.2, 0) is 14.4 Å². The smallest absolute Gasteiger partial charge is 0.304 e. The second kappa shape index (κ2) is 11.7. The summed E-state index contributed by atoms with van der Waals surface area (Å²) in [4.78, 5) is 33.4. The lowest BCUT2D eigenvalue weighted by atomic mass is 10.0. The van der Waals surface area contributed by atoms with Gasteiger partial charge in [-0.2, -0.15) is 0 Å². The van der Waals surface area contributed by atoms with Crippen LogP contribution in [0.25, 0.3) is 0 Å². The first-order valence-electron chi connectivity index (χ1n) is 6.84. The maximum Gasteiger partial charge on any atom is 0.304 e. The number of amides is 2. The van der Waals surface area contributed by atoms with E-state index in [0.717, 1.165) is 0 Å². The van der Waals surface area contributed by atoms with Crippen LogP contribution in [0.5, 0.6) is 0 Å². The summed E-state index contributed by atoms with van der Waals surface area (Å²) in [5, 5.41) is 13.9. The Bertz CT molecular complexity index is 351. The van der Waals surface area contributed by atoms with E-state index in [4.69, 9.17) is 5.11 Å². The Hall–Kier alpha value is -0.890. The van der Waals surface area contributed by atoms with Crippen molar-refractivity contribution in [2.24, 2.45) is 5.92 Å². The topological polar surface area (TPSA) is 95.5 Å². The molecule has 6 nitrogen and oxygen atoms in total. The number of rotatable bonds is 11. The predicted octanol–water partition coefficient (Wildman–Crippen LogP) is 1.51. The van der Waals surface area contributed by atoms with Gasteiger partial charge in [0.2, 0.25) is 11.8 Å². The molecular formula is C13H24N2O4S2. The number of carboxylic acids is 1. The summed E-state index contributed by atoms with van der Waals surface area (Å²) in [6.45, 7) is 5.89. The maximum absolute atomic E-state index is 12.0. The third-order valence-electron chi connectivity index (χ3n) is 2.37. The number of carboxylic acid groups (broad SMARTS) is 1. The summed E-state index contributed by atoms with van der Waals surface area (Å²) in [6, 6.07) is -0.493. The van der Waals surface area contributed by atoms with Crippen LogP contribution >= 0.6 is 21.6 Å². The van der Waals surface area contributed by atoms with Crippen molar-refractivity contribution in [1.29, 1.82) is 0 Å². The third kappa shape index (κ3) is 12.6. The zero-order chi connectivity index (χ0) is 16.3. The number of carbonyl (C=O) groups is 3. The van der Waals surface area contributed by atoms with Gasteiger partial charge in [0.1, 0.15) is 6.04 Å². The lowest BCUT2D eigenvalue weighted by Crippen LogP contribution is -2.47. The van der Waals surface area contributed by atoms with E-state index in [2.05, 4.69) is 10.6 Å². The highest BCUT2D eigenvalue weighted by molar-refractivity contribution is 8.76. The average molecular weight is 336 g/mol. The fourth-order valence-electron chi connectivity index (χ4n) is 1.53. The Morgan fingerprint density at radius 3 is 2.29 bits per heavy atom. The summed E-state index contributed by atoms with van der Waals surface area (Å²) in [5.41, 5.74) is 0. The van der Waals surface area contributed by atoms with Gasteiger partial charge < -0.3 is 15.7 Å². The van der Waals surface area contributed by atoms with Crippen molar-refractivity contribution in [2.45, 2.75) is 39.7 Å². The summed E-state index contributed by atoms with van der Waals surface area (Å²) in [6.07, 6.45) is 0.745. The minimum absolute atomic E-state index is 0.142. The molecule has 0 radical (unpaired) electrons. The Morgan fingerprint density at radius 2 is 1.76 bits per heavy atom. The zero-order valence-corrected chi connectivity index (χ0v) is 14.3. The highest BCUT2D eigenvalue weighted by Crippen LogP contribution is 2.20. The zero-order valence-electron chi connectivity index (χ0n) is 12.7. The van der Waals surface area contributed by atoms with Gasteiger partial charge in [-0.15, -0.1) is 0 Å². The van der Waals surface area contributed by atoms with Crippen molar-refractivity contribution in [1.82, 2.24) is 10.6 Å². The molecule has 0 aliphatic rings. The molecule has 122 valence electrons. The number of aliphatic carboxylic acids is 1. The lowest BCUT2D eigenvalue weighted by molar-refractivity contribution is -0.136. The van der Waals surface area contributed by atoms with Crippen molar-refractivity contribution in [3.63, 3.8) is 0 Å². The number of carbonyl (C=O) groups excluding carboxylic acids is 2. The number of hydrogen-bond acceptors (Lipinski definition) is 5. The van der Waals surface area contributed by atoms with Gasteiger partial charge in [-0.25, -0.2) is 0 Å². The Morgan fingerprint density at radius 1 is 1.14 bits per heavy atom. The molecule has 0 saturated carbocycles. The van der Waals surface area contributed by atoms with Crippen LogP contribution < -0.4 is 10.6 Å². The molecule has 21 heavy (non-hydrogen) atoms. The first-order valence-corrected chi connectivity index (χ1v) is 9.32. The van der Waals surface area contributed by atoms with Crippen LogP contribution in [0.2, 0.25) is 0 Å². The second-order valence-corrected chi connectivity index (χ2v) is 7.66. The maximum atomic E-state index is 12.0. The molecule has 0 fully saturated rings. The standard InChI is InChI=1S/C13H24N2O4S2/c1-9(2)8-11(15-10(3)16)13(19)14-5-7-21-20-6-4-12(17)18/h9,11H,4-8H2,1-3H3,(H,14,19)(H,15,16)(H,17,18)/t11-/m1/s1. The summed E-state index contributed by atoms with van der Waals surface area (Å²) >= 11 is 0. The fourth-order valence-corrected chi connectivity index (χ4v) is 3.42. The molecule has 0 aliphatic carbocycles. The monoisotopic (exact) mass is 336 g/mol. The van der Waals surface area contributed by atoms with E-state index in [1.54, 1.807) is 0 Å². The minimum atomic E-state index is -0.803. The first-order chi connectivity index (χ1) is 9.82. The molecule has 0 rings (SSSR count). The van der Waals surface area contributed by atoms with Gasteiger partial charge in [-0.1, -0.05) is 35.4 Å².